The van der Waals surface area contributed by atoms with Gasteiger partial charge in [0.25, 0.3) is 0 Å². The number of fused-ring (bicyclic) bond motifs is 2. The highest BCUT2D eigenvalue weighted by Gasteiger charge is 2.41. The molecule has 104 valence electrons. The van der Waals surface area contributed by atoms with Crippen LogP contribution in [0.5, 0.6) is 0 Å². The van der Waals surface area contributed by atoms with Gasteiger partial charge in [-0.05, 0) is 49.5 Å². The van der Waals surface area contributed by atoms with E-state index in [1.165, 1.54) is 25.7 Å². The van der Waals surface area contributed by atoms with Gasteiger partial charge in [-0.25, -0.2) is 0 Å². The lowest BCUT2D eigenvalue weighted by Gasteiger charge is -2.29. The minimum absolute atomic E-state index is 0.387. The summed E-state index contributed by atoms with van der Waals surface area (Å²) in [5.74, 6) is 2.78. The van der Waals surface area contributed by atoms with E-state index in [9.17, 15) is 5.11 Å². The highest BCUT2D eigenvalue weighted by atomic mass is 16.3. The largest absolute Gasteiger partial charge is 0.387 e. The summed E-state index contributed by atoms with van der Waals surface area (Å²) in [7, 11) is 0. The minimum atomic E-state index is -0.387. The monoisotopic (exact) mass is 259 g/mol. The molecule has 2 heteroatoms. The van der Waals surface area contributed by atoms with Crippen LogP contribution in [0.4, 0.5) is 0 Å². The van der Waals surface area contributed by atoms with Crippen molar-refractivity contribution in [3.8, 4) is 0 Å². The van der Waals surface area contributed by atoms with Crippen LogP contribution in [-0.2, 0) is 0 Å². The predicted octanol–water partition coefficient (Wildman–Crippen LogP) is 3.13. The Bertz CT molecular complexity index is 405. The lowest BCUT2D eigenvalue weighted by molar-refractivity contribution is 0.158. The maximum absolute atomic E-state index is 10.2. The van der Waals surface area contributed by atoms with E-state index < -0.39 is 0 Å². The van der Waals surface area contributed by atoms with Gasteiger partial charge in [-0.3, -0.25) is 0 Å². The summed E-state index contributed by atoms with van der Waals surface area (Å²) in [6, 6.07) is 10.5. The summed E-state index contributed by atoms with van der Waals surface area (Å²) >= 11 is 0. The average molecular weight is 259 g/mol. The molecule has 0 aromatic heterocycles. The number of rotatable bonds is 5. The molecule has 1 aromatic rings. The second kappa shape index (κ2) is 5.64. The zero-order valence-electron chi connectivity index (χ0n) is 11.8. The summed E-state index contributed by atoms with van der Waals surface area (Å²) in [6.45, 7) is 2.96. The Morgan fingerprint density at radius 1 is 1.21 bits per heavy atom. The molecule has 5 atom stereocenters. The Hall–Kier alpha value is -0.860. The molecule has 2 aliphatic rings. The Morgan fingerprint density at radius 2 is 2.00 bits per heavy atom. The van der Waals surface area contributed by atoms with E-state index in [0.717, 1.165) is 23.3 Å². The molecule has 0 radical (unpaired) electrons. The normalized spacial score (nSPS) is 32.4. The number of hydrogen-bond donors (Lipinski definition) is 2. The molecule has 2 fully saturated rings. The number of nitrogens with one attached hydrogen (secondary N) is 1. The first-order chi connectivity index (χ1) is 9.24. The van der Waals surface area contributed by atoms with Crippen LogP contribution in [0, 0.1) is 17.8 Å². The van der Waals surface area contributed by atoms with Crippen molar-refractivity contribution >= 4 is 0 Å². The quantitative estimate of drug-likeness (QED) is 0.851. The van der Waals surface area contributed by atoms with E-state index in [1.807, 2.05) is 30.3 Å². The fourth-order valence-electron chi connectivity index (χ4n) is 4.15. The summed E-state index contributed by atoms with van der Waals surface area (Å²) in [6.07, 6.45) is 5.36. The van der Waals surface area contributed by atoms with Crippen molar-refractivity contribution in [1.82, 2.24) is 5.32 Å². The highest BCUT2D eigenvalue weighted by molar-refractivity contribution is 5.17. The van der Waals surface area contributed by atoms with Crippen LogP contribution in [0.1, 0.15) is 44.3 Å². The van der Waals surface area contributed by atoms with E-state index in [-0.39, 0.29) is 6.10 Å². The molecule has 0 unspecified atom stereocenters. The van der Waals surface area contributed by atoms with Gasteiger partial charge in [0.1, 0.15) is 0 Å². The molecule has 2 N–H and O–H groups in total. The van der Waals surface area contributed by atoms with Gasteiger partial charge < -0.3 is 10.4 Å². The first kappa shape index (κ1) is 13.1. The van der Waals surface area contributed by atoms with Gasteiger partial charge in [-0.1, -0.05) is 36.8 Å². The van der Waals surface area contributed by atoms with Gasteiger partial charge in [0.15, 0.2) is 0 Å². The predicted molar refractivity (Wildman–Crippen MR) is 77.8 cm³/mol. The maximum atomic E-state index is 10.2. The van der Waals surface area contributed by atoms with Crippen LogP contribution in [0.25, 0.3) is 0 Å². The van der Waals surface area contributed by atoms with Crippen molar-refractivity contribution < 1.29 is 5.11 Å². The molecule has 0 heterocycles. The average Bonchev–Trinajstić information content (AvgIpc) is 3.08. The van der Waals surface area contributed by atoms with Crippen LogP contribution in [0.3, 0.4) is 0 Å². The minimum Gasteiger partial charge on any atom is -0.387 e. The molecule has 19 heavy (non-hydrogen) atoms. The van der Waals surface area contributed by atoms with Crippen LogP contribution < -0.4 is 5.32 Å². The molecule has 0 saturated heterocycles. The molecule has 2 nitrogen and oxygen atoms in total. The Morgan fingerprint density at radius 3 is 2.63 bits per heavy atom. The van der Waals surface area contributed by atoms with Crippen molar-refractivity contribution in [3.63, 3.8) is 0 Å². The molecule has 2 aliphatic carbocycles. The lowest BCUT2D eigenvalue weighted by atomic mass is 9.84. The lowest BCUT2D eigenvalue weighted by Crippen LogP contribution is -2.38. The van der Waals surface area contributed by atoms with E-state index in [4.69, 9.17) is 0 Å². The summed E-state index contributed by atoms with van der Waals surface area (Å²) < 4.78 is 0. The number of aliphatic hydroxyl groups is 1. The van der Waals surface area contributed by atoms with Gasteiger partial charge >= 0.3 is 0 Å². The maximum Gasteiger partial charge on any atom is 0.0914 e. The van der Waals surface area contributed by atoms with Crippen LogP contribution in [0.2, 0.25) is 0 Å². The second-order valence-electron chi connectivity index (χ2n) is 6.46. The summed E-state index contributed by atoms with van der Waals surface area (Å²) in [5.41, 5.74) is 1.01. The fraction of sp³-hybridized carbons (Fsp3) is 0.647. The fourth-order valence-corrected chi connectivity index (χ4v) is 4.15. The molecule has 0 aliphatic heterocycles. The van der Waals surface area contributed by atoms with Gasteiger partial charge in [-0.15, -0.1) is 0 Å². The third-order valence-electron chi connectivity index (χ3n) is 5.25. The molecule has 3 rings (SSSR count). The van der Waals surface area contributed by atoms with Crippen molar-refractivity contribution in [3.05, 3.63) is 35.9 Å². The van der Waals surface area contributed by atoms with Crippen LogP contribution in [-0.4, -0.2) is 17.7 Å². The summed E-state index contributed by atoms with van der Waals surface area (Å²) in [4.78, 5) is 0. The Balaban J connectivity index is 1.49. The Kier molecular flexibility index (Phi) is 3.90. The van der Waals surface area contributed by atoms with Crippen molar-refractivity contribution in [2.45, 2.75) is 44.8 Å². The molecular formula is C17H25NO. The molecule has 0 spiro atoms. The SMILES string of the molecule is C[C@H](NC[C@H](O)c1ccccc1)[C@@H]1C[C@@H]2CC[C@@H]1C2. The highest BCUT2D eigenvalue weighted by Crippen LogP contribution is 2.49. The zero-order chi connectivity index (χ0) is 13.2. The number of benzene rings is 1. The Labute approximate surface area is 116 Å². The van der Waals surface area contributed by atoms with Crippen molar-refractivity contribution in [2.75, 3.05) is 6.54 Å². The molecule has 2 bridgehead atoms. The van der Waals surface area contributed by atoms with Crippen molar-refractivity contribution in [1.29, 1.82) is 0 Å². The third kappa shape index (κ3) is 2.85. The summed E-state index contributed by atoms with van der Waals surface area (Å²) in [5, 5.41) is 13.7. The zero-order valence-corrected chi connectivity index (χ0v) is 11.8. The topological polar surface area (TPSA) is 32.3 Å². The van der Waals surface area contributed by atoms with Gasteiger partial charge in [0, 0.05) is 12.6 Å². The van der Waals surface area contributed by atoms with E-state index in [0.29, 0.717) is 12.6 Å². The first-order valence-electron chi connectivity index (χ1n) is 7.70. The van der Waals surface area contributed by atoms with Gasteiger partial charge in [0.05, 0.1) is 6.10 Å². The number of aliphatic hydroxyl groups excluding tert-OH is 1. The second-order valence-corrected chi connectivity index (χ2v) is 6.46. The molecule has 2 saturated carbocycles. The van der Waals surface area contributed by atoms with Crippen molar-refractivity contribution in [2.24, 2.45) is 17.8 Å². The van der Waals surface area contributed by atoms with Crippen LogP contribution in [0.15, 0.2) is 30.3 Å². The standard InChI is InChI=1S/C17H25NO/c1-12(16-10-13-7-8-15(16)9-13)18-11-17(19)14-5-3-2-4-6-14/h2-6,12-13,15-19H,7-11H2,1H3/t12-,13+,15+,16-,17-/m0/s1. The molecular weight excluding hydrogens is 234 g/mol. The van der Waals surface area contributed by atoms with Crippen LogP contribution >= 0.6 is 0 Å². The van der Waals surface area contributed by atoms with E-state index in [1.54, 1.807) is 0 Å². The molecule has 1 aromatic carbocycles. The molecule has 0 amide bonds. The van der Waals surface area contributed by atoms with Gasteiger partial charge in [0.2, 0.25) is 0 Å². The smallest absolute Gasteiger partial charge is 0.0914 e. The first-order valence-corrected chi connectivity index (χ1v) is 7.70. The third-order valence-corrected chi connectivity index (χ3v) is 5.25. The van der Waals surface area contributed by atoms with Gasteiger partial charge in [-0.2, -0.15) is 0 Å². The number of hydrogen-bond acceptors (Lipinski definition) is 2. The van der Waals surface area contributed by atoms with E-state index >= 15 is 0 Å². The van der Waals surface area contributed by atoms with E-state index in [2.05, 4.69) is 12.2 Å².